The van der Waals surface area contributed by atoms with Crippen LogP contribution in [-0.2, 0) is 11.3 Å². The molecule has 3 aromatic rings. The van der Waals surface area contributed by atoms with Crippen LogP contribution in [0.4, 0.5) is 11.4 Å². The van der Waals surface area contributed by atoms with Crippen molar-refractivity contribution in [2.24, 2.45) is 0 Å². The van der Waals surface area contributed by atoms with E-state index in [9.17, 15) is 4.79 Å². The van der Waals surface area contributed by atoms with Crippen LogP contribution in [0.5, 0.6) is 5.75 Å². The fourth-order valence-corrected chi connectivity index (χ4v) is 3.78. The third-order valence-corrected chi connectivity index (χ3v) is 5.59. The second-order valence-corrected chi connectivity index (χ2v) is 7.74. The van der Waals surface area contributed by atoms with Crippen LogP contribution in [0.25, 0.3) is 0 Å². The van der Waals surface area contributed by atoms with Gasteiger partial charge in [0.15, 0.2) is 0 Å². The van der Waals surface area contributed by atoms with Crippen molar-refractivity contribution in [3.63, 3.8) is 0 Å². The Kier molecular flexibility index (Phi) is 6.07. The minimum Gasteiger partial charge on any atom is -0.486 e. The summed E-state index contributed by atoms with van der Waals surface area (Å²) in [4.78, 5) is 19.2. The maximum Gasteiger partial charge on any atom is 0.255 e. The predicted molar refractivity (Wildman–Crippen MR) is 115 cm³/mol. The highest BCUT2D eigenvalue weighted by molar-refractivity contribution is 7.09. The van der Waals surface area contributed by atoms with E-state index in [4.69, 9.17) is 9.47 Å². The summed E-state index contributed by atoms with van der Waals surface area (Å²) in [5, 5.41) is 5.87. The molecule has 4 rings (SSSR count). The highest BCUT2D eigenvalue weighted by Crippen LogP contribution is 2.20. The van der Waals surface area contributed by atoms with Crippen LogP contribution in [0.2, 0.25) is 0 Å². The number of aryl methyl sites for hydroxylation is 1. The van der Waals surface area contributed by atoms with Crippen molar-refractivity contribution in [3.8, 4) is 5.75 Å². The number of morpholine rings is 1. The normalized spacial score (nSPS) is 13.9. The number of thiazole rings is 1. The molecule has 1 aliphatic heterocycles. The van der Waals surface area contributed by atoms with E-state index in [1.54, 1.807) is 35.6 Å². The zero-order valence-corrected chi connectivity index (χ0v) is 17.1. The Morgan fingerprint density at radius 3 is 2.52 bits per heavy atom. The lowest BCUT2D eigenvalue weighted by molar-refractivity contribution is 0.102. The van der Waals surface area contributed by atoms with E-state index in [1.807, 2.05) is 36.6 Å². The standard InChI is InChI=1S/C22H23N3O3S/c1-16-15-29-21(23-16)14-28-20-8-2-17(3-9-20)22(26)24-18-4-6-19(7-5-18)25-10-12-27-13-11-25/h2-9,15H,10-14H2,1H3,(H,24,26). The highest BCUT2D eigenvalue weighted by Gasteiger charge is 2.12. The number of hydrogen-bond acceptors (Lipinski definition) is 6. The van der Waals surface area contributed by atoms with E-state index in [1.165, 1.54) is 0 Å². The van der Waals surface area contributed by atoms with Gasteiger partial charge in [-0.05, 0) is 55.5 Å². The van der Waals surface area contributed by atoms with Gasteiger partial charge >= 0.3 is 0 Å². The van der Waals surface area contributed by atoms with Crippen molar-refractivity contribution in [1.29, 1.82) is 0 Å². The van der Waals surface area contributed by atoms with Gasteiger partial charge in [-0.1, -0.05) is 0 Å². The molecule has 2 heterocycles. The zero-order chi connectivity index (χ0) is 20.1. The van der Waals surface area contributed by atoms with Gasteiger partial charge in [-0.15, -0.1) is 11.3 Å². The Bertz CT molecular complexity index is 948. The summed E-state index contributed by atoms with van der Waals surface area (Å²) in [6.07, 6.45) is 0. The van der Waals surface area contributed by atoms with Crippen molar-refractivity contribution < 1.29 is 14.3 Å². The van der Waals surface area contributed by atoms with Crippen LogP contribution in [0, 0.1) is 6.92 Å². The number of nitrogens with one attached hydrogen (secondary N) is 1. The molecule has 150 valence electrons. The van der Waals surface area contributed by atoms with Gasteiger partial charge in [0.1, 0.15) is 17.4 Å². The molecule has 1 aromatic heterocycles. The third-order valence-electron chi connectivity index (χ3n) is 4.65. The summed E-state index contributed by atoms with van der Waals surface area (Å²) < 4.78 is 11.1. The summed E-state index contributed by atoms with van der Waals surface area (Å²) in [7, 11) is 0. The number of ether oxygens (including phenoxy) is 2. The molecule has 0 aliphatic carbocycles. The van der Waals surface area contributed by atoms with Gasteiger partial charge in [-0.25, -0.2) is 4.98 Å². The van der Waals surface area contributed by atoms with Crippen LogP contribution in [0.1, 0.15) is 21.1 Å². The maximum absolute atomic E-state index is 12.5. The number of carbonyl (C=O) groups is 1. The molecule has 0 radical (unpaired) electrons. The molecule has 7 heteroatoms. The van der Waals surface area contributed by atoms with Gasteiger partial charge in [0.2, 0.25) is 0 Å². The molecule has 0 bridgehead atoms. The van der Waals surface area contributed by atoms with Crippen molar-refractivity contribution in [3.05, 3.63) is 70.2 Å². The van der Waals surface area contributed by atoms with Crippen LogP contribution >= 0.6 is 11.3 Å². The second kappa shape index (κ2) is 9.07. The summed E-state index contributed by atoms with van der Waals surface area (Å²) in [6, 6.07) is 15.0. The average Bonchev–Trinajstić information content (AvgIpc) is 3.19. The summed E-state index contributed by atoms with van der Waals surface area (Å²) >= 11 is 1.58. The summed E-state index contributed by atoms with van der Waals surface area (Å²) in [5.74, 6) is 0.565. The number of benzene rings is 2. The first-order valence-corrected chi connectivity index (χ1v) is 10.4. The van der Waals surface area contributed by atoms with Crippen LogP contribution in [0.15, 0.2) is 53.9 Å². The van der Waals surface area contributed by atoms with E-state index < -0.39 is 0 Å². The number of carbonyl (C=O) groups excluding carboxylic acids is 1. The molecule has 1 amide bonds. The average molecular weight is 410 g/mol. The minimum absolute atomic E-state index is 0.147. The maximum atomic E-state index is 12.5. The van der Waals surface area contributed by atoms with Crippen LogP contribution < -0.4 is 15.0 Å². The molecule has 1 aliphatic rings. The van der Waals surface area contributed by atoms with Gasteiger partial charge in [0.05, 0.1) is 13.2 Å². The zero-order valence-electron chi connectivity index (χ0n) is 16.3. The molecular weight excluding hydrogens is 386 g/mol. The van der Waals surface area contributed by atoms with Gasteiger partial charge < -0.3 is 19.7 Å². The van der Waals surface area contributed by atoms with Crippen molar-refractivity contribution in [2.75, 3.05) is 36.5 Å². The van der Waals surface area contributed by atoms with E-state index in [-0.39, 0.29) is 5.91 Å². The number of rotatable bonds is 6. The fourth-order valence-electron chi connectivity index (χ4n) is 3.10. The molecule has 0 spiro atoms. The topological polar surface area (TPSA) is 63.7 Å². The lowest BCUT2D eigenvalue weighted by Crippen LogP contribution is -2.36. The largest absolute Gasteiger partial charge is 0.486 e. The van der Waals surface area contributed by atoms with E-state index in [0.29, 0.717) is 17.9 Å². The molecule has 6 nitrogen and oxygen atoms in total. The Morgan fingerprint density at radius 2 is 1.86 bits per heavy atom. The fraction of sp³-hybridized carbons (Fsp3) is 0.273. The minimum atomic E-state index is -0.147. The van der Waals surface area contributed by atoms with Gasteiger partial charge in [0, 0.05) is 41.1 Å². The highest BCUT2D eigenvalue weighted by atomic mass is 32.1. The third kappa shape index (κ3) is 5.13. The van der Waals surface area contributed by atoms with Crippen molar-refractivity contribution in [1.82, 2.24) is 4.98 Å². The summed E-state index contributed by atoms with van der Waals surface area (Å²) in [6.45, 7) is 5.68. The Labute approximate surface area is 174 Å². The lowest BCUT2D eigenvalue weighted by atomic mass is 10.2. The van der Waals surface area contributed by atoms with E-state index >= 15 is 0 Å². The smallest absolute Gasteiger partial charge is 0.255 e. The molecule has 0 saturated carbocycles. The SMILES string of the molecule is Cc1csc(COc2ccc(C(=O)Nc3ccc(N4CCOCC4)cc3)cc2)n1. The van der Waals surface area contributed by atoms with Crippen molar-refractivity contribution >= 4 is 28.6 Å². The molecule has 1 N–H and O–H groups in total. The number of anilines is 2. The van der Waals surface area contributed by atoms with Gasteiger partial charge in [-0.3, -0.25) is 4.79 Å². The molecule has 1 saturated heterocycles. The Hall–Kier alpha value is -2.90. The lowest BCUT2D eigenvalue weighted by Gasteiger charge is -2.28. The molecule has 1 fully saturated rings. The van der Waals surface area contributed by atoms with E-state index in [2.05, 4.69) is 15.2 Å². The van der Waals surface area contributed by atoms with Crippen molar-refractivity contribution in [2.45, 2.75) is 13.5 Å². The van der Waals surface area contributed by atoms with Gasteiger partial charge in [0.25, 0.3) is 5.91 Å². The quantitative estimate of drug-likeness (QED) is 0.664. The first kappa shape index (κ1) is 19.4. The molecule has 0 atom stereocenters. The predicted octanol–water partition coefficient (Wildman–Crippen LogP) is 4.12. The number of nitrogens with zero attached hydrogens (tertiary/aromatic N) is 2. The molecule has 2 aromatic carbocycles. The Balaban J connectivity index is 1.32. The molecule has 0 unspecified atom stereocenters. The first-order valence-electron chi connectivity index (χ1n) is 9.55. The monoisotopic (exact) mass is 409 g/mol. The van der Waals surface area contributed by atoms with Gasteiger partial charge in [-0.2, -0.15) is 0 Å². The van der Waals surface area contributed by atoms with Crippen LogP contribution in [-0.4, -0.2) is 37.2 Å². The Morgan fingerprint density at radius 1 is 1.14 bits per heavy atom. The van der Waals surface area contributed by atoms with E-state index in [0.717, 1.165) is 48.4 Å². The van der Waals surface area contributed by atoms with Crippen LogP contribution in [0.3, 0.4) is 0 Å². The number of aromatic nitrogens is 1. The number of amides is 1. The first-order chi connectivity index (χ1) is 14.2. The molecular formula is C22H23N3O3S. The number of hydrogen-bond donors (Lipinski definition) is 1. The second-order valence-electron chi connectivity index (χ2n) is 6.80. The summed E-state index contributed by atoms with van der Waals surface area (Å²) in [5.41, 5.74) is 3.49. The molecule has 29 heavy (non-hydrogen) atoms.